The van der Waals surface area contributed by atoms with E-state index in [-0.39, 0.29) is 10.6 Å². The molecule has 1 fully saturated rings. The third kappa shape index (κ3) is 4.63. The highest BCUT2D eigenvalue weighted by atomic mass is 16.6. The number of hydrogen-bond donors (Lipinski definition) is 1. The highest BCUT2D eigenvalue weighted by Crippen LogP contribution is 2.37. The fourth-order valence-electron chi connectivity index (χ4n) is 4.48. The SMILES string of the molecule is CC(C)CNc1cc(-c2cncn2-c2ccccc2C2CCCCC2)ccc1[N+](=O)[O-]. The zero-order valence-corrected chi connectivity index (χ0v) is 18.3. The Bertz CT molecular complexity index is 1050. The molecule has 6 nitrogen and oxygen atoms in total. The van der Waals surface area contributed by atoms with Gasteiger partial charge in [-0.05, 0) is 48.4 Å². The Morgan fingerprint density at radius 1 is 1.16 bits per heavy atom. The summed E-state index contributed by atoms with van der Waals surface area (Å²) in [5.74, 6) is 0.955. The van der Waals surface area contributed by atoms with Gasteiger partial charge in [0, 0.05) is 18.2 Å². The van der Waals surface area contributed by atoms with Crippen LogP contribution in [0.5, 0.6) is 0 Å². The van der Waals surface area contributed by atoms with E-state index >= 15 is 0 Å². The molecule has 0 saturated heterocycles. The number of nitrogens with one attached hydrogen (secondary N) is 1. The van der Waals surface area contributed by atoms with Crippen molar-refractivity contribution in [2.75, 3.05) is 11.9 Å². The third-order valence-corrected chi connectivity index (χ3v) is 6.07. The molecule has 1 aliphatic carbocycles. The average molecular weight is 419 g/mol. The van der Waals surface area contributed by atoms with Crippen molar-refractivity contribution in [3.05, 3.63) is 70.7 Å². The Morgan fingerprint density at radius 2 is 1.94 bits per heavy atom. The molecule has 1 heterocycles. The van der Waals surface area contributed by atoms with Crippen LogP contribution in [0.15, 0.2) is 55.0 Å². The molecular weight excluding hydrogens is 388 g/mol. The van der Waals surface area contributed by atoms with Crippen LogP contribution in [-0.2, 0) is 0 Å². The Balaban J connectivity index is 1.74. The van der Waals surface area contributed by atoms with Crippen molar-refractivity contribution in [3.63, 3.8) is 0 Å². The van der Waals surface area contributed by atoms with Crippen molar-refractivity contribution in [1.82, 2.24) is 9.55 Å². The summed E-state index contributed by atoms with van der Waals surface area (Å²) in [5.41, 5.74) is 5.00. The zero-order valence-electron chi connectivity index (χ0n) is 18.3. The van der Waals surface area contributed by atoms with E-state index in [4.69, 9.17) is 0 Å². The topological polar surface area (TPSA) is 73.0 Å². The number of nitrogens with zero attached hydrogens (tertiary/aromatic N) is 3. The van der Waals surface area contributed by atoms with E-state index < -0.39 is 0 Å². The van der Waals surface area contributed by atoms with Gasteiger partial charge in [-0.3, -0.25) is 14.7 Å². The van der Waals surface area contributed by atoms with E-state index in [2.05, 4.69) is 53.0 Å². The molecule has 1 N–H and O–H groups in total. The number of aromatic nitrogens is 2. The van der Waals surface area contributed by atoms with E-state index in [1.54, 1.807) is 6.07 Å². The van der Waals surface area contributed by atoms with E-state index in [1.807, 2.05) is 24.7 Å². The average Bonchev–Trinajstić information content (AvgIpc) is 3.28. The maximum atomic E-state index is 11.5. The van der Waals surface area contributed by atoms with Crippen LogP contribution in [0.2, 0.25) is 0 Å². The molecule has 0 spiro atoms. The minimum Gasteiger partial charge on any atom is -0.379 e. The van der Waals surface area contributed by atoms with Gasteiger partial charge in [-0.2, -0.15) is 0 Å². The zero-order chi connectivity index (χ0) is 21.8. The Morgan fingerprint density at radius 3 is 2.68 bits per heavy atom. The standard InChI is InChI=1S/C25H30N4O2/c1-18(2)15-27-22-14-20(12-13-24(22)29(30)31)25-16-26-17-28(25)23-11-7-6-10-21(23)19-8-4-3-5-9-19/h6-7,10-14,16-19,27H,3-5,8-9,15H2,1-2H3. The van der Waals surface area contributed by atoms with Crippen molar-refractivity contribution in [2.45, 2.75) is 51.9 Å². The fourth-order valence-corrected chi connectivity index (χ4v) is 4.48. The molecule has 4 rings (SSSR count). The van der Waals surface area contributed by atoms with Crippen LogP contribution in [0, 0.1) is 16.0 Å². The molecule has 162 valence electrons. The van der Waals surface area contributed by atoms with Crippen LogP contribution in [0.25, 0.3) is 16.9 Å². The fraction of sp³-hybridized carbons (Fsp3) is 0.400. The van der Waals surface area contributed by atoms with Crippen molar-refractivity contribution in [1.29, 1.82) is 0 Å². The van der Waals surface area contributed by atoms with E-state index in [0.717, 1.165) is 16.9 Å². The van der Waals surface area contributed by atoms with Gasteiger partial charge < -0.3 is 5.32 Å². The maximum absolute atomic E-state index is 11.5. The van der Waals surface area contributed by atoms with Crippen LogP contribution in [0.4, 0.5) is 11.4 Å². The number of rotatable bonds is 7. The normalized spacial score (nSPS) is 14.7. The molecular formula is C25H30N4O2. The molecule has 0 aliphatic heterocycles. The lowest BCUT2D eigenvalue weighted by Crippen LogP contribution is -2.10. The summed E-state index contributed by atoms with van der Waals surface area (Å²) in [5, 5.41) is 14.8. The van der Waals surface area contributed by atoms with Crippen LogP contribution >= 0.6 is 0 Å². The first-order valence-corrected chi connectivity index (χ1v) is 11.2. The van der Waals surface area contributed by atoms with E-state index in [0.29, 0.717) is 24.1 Å². The van der Waals surface area contributed by atoms with Gasteiger partial charge in [-0.15, -0.1) is 0 Å². The summed E-state index contributed by atoms with van der Waals surface area (Å²) >= 11 is 0. The van der Waals surface area contributed by atoms with Crippen LogP contribution < -0.4 is 5.32 Å². The monoisotopic (exact) mass is 418 g/mol. The van der Waals surface area contributed by atoms with E-state index in [9.17, 15) is 10.1 Å². The number of hydrogen-bond acceptors (Lipinski definition) is 4. The summed E-state index contributed by atoms with van der Waals surface area (Å²) in [6.07, 6.45) is 10.0. The summed E-state index contributed by atoms with van der Waals surface area (Å²) in [4.78, 5) is 15.6. The Labute approximate surface area is 183 Å². The lowest BCUT2D eigenvalue weighted by Gasteiger charge is -2.25. The highest BCUT2D eigenvalue weighted by molar-refractivity contribution is 5.73. The van der Waals surface area contributed by atoms with Gasteiger partial charge in [0.25, 0.3) is 5.69 Å². The van der Waals surface area contributed by atoms with Crippen molar-refractivity contribution < 1.29 is 4.92 Å². The predicted molar refractivity (Wildman–Crippen MR) is 125 cm³/mol. The molecule has 1 aliphatic rings. The van der Waals surface area contributed by atoms with Gasteiger partial charge in [0.2, 0.25) is 0 Å². The number of imidazole rings is 1. The quantitative estimate of drug-likeness (QED) is 0.348. The van der Waals surface area contributed by atoms with Gasteiger partial charge in [0.15, 0.2) is 0 Å². The second-order valence-electron chi connectivity index (χ2n) is 8.81. The smallest absolute Gasteiger partial charge is 0.292 e. The molecule has 0 amide bonds. The largest absolute Gasteiger partial charge is 0.379 e. The minimum atomic E-state index is -0.331. The van der Waals surface area contributed by atoms with Crippen LogP contribution in [0.1, 0.15) is 57.4 Å². The first-order valence-electron chi connectivity index (χ1n) is 11.2. The summed E-state index contributed by atoms with van der Waals surface area (Å²) in [7, 11) is 0. The molecule has 1 aromatic heterocycles. The van der Waals surface area contributed by atoms with Gasteiger partial charge in [0.1, 0.15) is 5.69 Å². The summed E-state index contributed by atoms with van der Waals surface area (Å²) in [6, 6.07) is 13.8. The molecule has 31 heavy (non-hydrogen) atoms. The van der Waals surface area contributed by atoms with Gasteiger partial charge in [0.05, 0.1) is 28.8 Å². The predicted octanol–water partition coefficient (Wildman–Crippen LogP) is 6.56. The van der Waals surface area contributed by atoms with Gasteiger partial charge in [-0.1, -0.05) is 51.3 Å². The molecule has 0 radical (unpaired) electrons. The van der Waals surface area contributed by atoms with Crippen molar-refractivity contribution >= 4 is 11.4 Å². The van der Waals surface area contributed by atoms with Crippen molar-refractivity contribution in [2.24, 2.45) is 5.92 Å². The molecule has 6 heteroatoms. The highest BCUT2D eigenvalue weighted by Gasteiger charge is 2.21. The number of nitro benzene ring substituents is 1. The first-order chi connectivity index (χ1) is 15.0. The number of anilines is 1. The summed E-state index contributed by atoms with van der Waals surface area (Å²) in [6.45, 7) is 4.84. The first kappa shape index (κ1) is 21.1. The van der Waals surface area contributed by atoms with Crippen LogP contribution in [-0.4, -0.2) is 21.0 Å². The van der Waals surface area contributed by atoms with Gasteiger partial charge in [-0.25, -0.2) is 4.98 Å². The van der Waals surface area contributed by atoms with Crippen LogP contribution in [0.3, 0.4) is 0 Å². The third-order valence-electron chi connectivity index (χ3n) is 6.07. The molecule has 1 saturated carbocycles. The Kier molecular flexibility index (Phi) is 6.35. The number of para-hydroxylation sites is 1. The lowest BCUT2D eigenvalue weighted by atomic mass is 9.83. The number of nitro groups is 1. The van der Waals surface area contributed by atoms with Gasteiger partial charge >= 0.3 is 0 Å². The molecule has 0 atom stereocenters. The second-order valence-corrected chi connectivity index (χ2v) is 8.81. The number of benzene rings is 2. The molecule has 0 unspecified atom stereocenters. The second kappa shape index (κ2) is 9.33. The summed E-state index contributed by atoms with van der Waals surface area (Å²) < 4.78 is 2.12. The lowest BCUT2D eigenvalue weighted by molar-refractivity contribution is -0.383. The molecule has 0 bridgehead atoms. The Hall–Kier alpha value is -3.15. The minimum absolute atomic E-state index is 0.0954. The van der Waals surface area contributed by atoms with E-state index in [1.165, 1.54) is 37.7 Å². The molecule has 2 aromatic carbocycles. The van der Waals surface area contributed by atoms with Crippen molar-refractivity contribution in [3.8, 4) is 16.9 Å². The molecule has 3 aromatic rings. The maximum Gasteiger partial charge on any atom is 0.292 e.